The fourth-order valence-corrected chi connectivity index (χ4v) is 5.09. The van der Waals surface area contributed by atoms with Gasteiger partial charge in [-0.2, -0.15) is 0 Å². The molecule has 0 unspecified atom stereocenters. The standard InChI is InChI=1S/C25H22NS/c1-15-6-8-20(17(3)9-15)23-13-25-22(14-26(23)4)21-11-18-7-5-16(2)10-19(18)12-24(21)27-25/h5-14H,1-4H3/q+1/i1D3. The number of pyridine rings is 1. The van der Waals surface area contributed by atoms with Crippen LogP contribution in [-0.2, 0) is 7.05 Å². The van der Waals surface area contributed by atoms with E-state index in [0.717, 1.165) is 16.8 Å². The normalized spacial score (nSPS) is 13.8. The number of nitrogens with zero attached hydrogens (tertiary/aromatic N) is 1. The fourth-order valence-electron chi connectivity index (χ4n) is 3.95. The van der Waals surface area contributed by atoms with Gasteiger partial charge in [-0.3, -0.25) is 0 Å². The molecular formula is C25H22NS+. The summed E-state index contributed by atoms with van der Waals surface area (Å²) in [6.45, 7) is 2.02. The molecule has 0 atom stereocenters. The van der Waals surface area contributed by atoms with E-state index in [1.165, 1.54) is 36.5 Å². The molecule has 0 radical (unpaired) electrons. The van der Waals surface area contributed by atoms with Crippen LogP contribution in [0.25, 0.3) is 42.2 Å². The highest BCUT2D eigenvalue weighted by Gasteiger charge is 2.17. The lowest BCUT2D eigenvalue weighted by molar-refractivity contribution is -0.659. The molecule has 0 aliphatic heterocycles. The van der Waals surface area contributed by atoms with Crippen molar-refractivity contribution >= 4 is 42.3 Å². The minimum Gasteiger partial charge on any atom is -0.200 e. The highest BCUT2D eigenvalue weighted by Crippen LogP contribution is 2.37. The summed E-state index contributed by atoms with van der Waals surface area (Å²) in [7, 11) is 2.06. The van der Waals surface area contributed by atoms with E-state index in [1.54, 1.807) is 12.1 Å². The quantitative estimate of drug-likeness (QED) is 0.291. The second-order valence-electron chi connectivity index (χ2n) is 7.38. The second kappa shape index (κ2) is 5.90. The van der Waals surface area contributed by atoms with Gasteiger partial charge in [-0.25, -0.2) is 4.57 Å². The zero-order valence-electron chi connectivity index (χ0n) is 18.6. The molecule has 27 heavy (non-hydrogen) atoms. The topological polar surface area (TPSA) is 3.88 Å². The van der Waals surface area contributed by atoms with Crippen LogP contribution in [0.2, 0.25) is 0 Å². The first kappa shape index (κ1) is 13.5. The van der Waals surface area contributed by atoms with E-state index in [-0.39, 0.29) is 0 Å². The zero-order chi connectivity index (χ0) is 21.2. The summed E-state index contributed by atoms with van der Waals surface area (Å²) in [6, 6.07) is 18.8. The highest BCUT2D eigenvalue weighted by atomic mass is 32.1. The number of rotatable bonds is 1. The van der Waals surface area contributed by atoms with E-state index >= 15 is 0 Å². The molecule has 0 saturated carbocycles. The molecule has 2 heteroatoms. The average molecular weight is 372 g/mol. The van der Waals surface area contributed by atoms with E-state index in [0.29, 0.717) is 5.56 Å². The van der Waals surface area contributed by atoms with Crippen molar-refractivity contribution in [2.24, 2.45) is 7.05 Å². The van der Waals surface area contributed by atoms with Gasteiger partial charge in [0.1, 0.15) is 7.05 Å². The van der Waals surface area contributed by atoms with Gasteiger partial charge in [0.25, 0.3) is 0 Å². The van der Waals surface area contributed by atoms with Crippen LogP contribution in [0.4, 0.5) is 0 Å². The number of benzene rings is 3. The molecule has 2 heterocycles. The second-order valence-corrected chi connectivity index (χ2v) is 8.46. The van der Waals surface area contributed by atoms with E-state index in [1.807, 2.05) is 24.3 Å². The third kappa shape index (κ3) is 2.64. The third-order valence-corrected chi connectivity index (χ3v) is 6.46. The number of fused-ring (bicyclic) bond motifs is 4. The van der Waals surface area contributed by atoms with Crippen LogP contribution in [0.15, 0.2) is 60.8 Å². The molecule has 2 aromatic heterocycles. The Labute approximate surface area is 167 Å². The fraction of sp³-hybridized carbons (Fsp3) is 0.160. The molecule has 5 rings (SSSR count). The van der Waals surface area contributed by atoms with Gasteiger partial charge in [-0.05, 0) is 55.2 Å². The van der Waals surface area contributed by atoms with Gasteiger partial charge in [0.05, 0.1) is 5.39 Å². The summed E-state index contributed by atoms with van der Waals surface area (Å²) in [5.74, 6) is 0. The minimum absolute atomic E-state index is 0.385. The number of hydrogen-bond acceptors (Lipinski definition) is 1. The Kier molecular flexibility index (Phi) is 2.94. The van der Waals surface area contributed by atoms with Crippen molar-refractivity contribution in [3.05, 3.63) is 77.5 Å². The summed E-state index contributed by atoms with van der Waals surface area (Å²) in [5.41, 5.74) is 4.78. The highest BCUT2D eigenvalue weighted by molar-refractivity contribution is 7.25. The first-order valence-corrected chi connectivity index (χ1v) is 9.90. The Hall–Kier alpha value is -2.71. The molecule has 0 fully saturated rings. The molecule has 0 N–H and O–H groups in total. The number of aryl methyl sites for hydroxylation is 4. The van der Waals surface area contributed by atoms with E-state index in [9.17, 15) is 0 Å². The van der Waals surface area contributed by atoms with E-state index in [2.05, 4.69) is 61.1 Å². The Bertz CT molecular complexity index is 1460. The summed E-state index contributed by atoms with van der Waals surface area (Å²) >= 11 is 1.81. The third-order valence-electron chi connectivity index (χ3n) is 5.34. The summed E-state index contributed by atoms with van der Waals surface area (Å²) in [4.78, 5) is 0. The van der Waals surface area contributed by atoms with Crippen LogP contribution >= 0.6 is 11.3 Å². The first-order valence-electron chi connectivity index (χ1n) is 10.6. The predicted molar refractivity (Wildman–Crippen MR) is 118 cm³/mol. The van der Waals surface area contributed by atoms with Gasteiger partial charge < -0.3 is 0 Å². The van der Waals surface area contributed by atoms with Gasteiger partial charge in [-0.1, -0.05) is 41.5 Å². The summed E-state index contributed by atoms with van der Waals surface area (Å²) in [5, 5.41) is 5.06. The monoisotopic (exact) mass is 371 g/mol. The van der Waals surface area contributed by atoms with Crippen molar-refractivity contribution in [2.45, 2.75) is 20.7 Å². The first-order chi connectivity index (χ1) is 14.2. The van der Waals surface area contributed by atoms with Crippen molar-refractivity contribution in [3.63, 3.8) is 0 Å². The lowest BCUT2D eigenvalue weighted by atomic mass is 10.0. The van der Waals surface area contributed by atoms with Gasteiger partial charge in [0.2, 0.25) is 5.69 Å². The van der Waals surface area contributed by atoms with Crippen LogP contribution in [0.3, 0.4) is 0 Å². The Morgan fingerprint density at radius 2 is 1.63 bits per heavy atom. The van der Waals surface area contributed by atoms with Crippen LogP contribution in [0.5, 0.6) is 0 Å². The molecule has 0 aliphatic carbocycles. The molecule has 1 nitrogen and oxygen atoms in total. The maximum atomic E-state index is 7.66. The molecule has 5 aromatic rings. The molecule has 132 valence electrons. The molecule has 3 aromatic carbocycles. The maximum absolute atomic E-state index is 7.66. The van der Waals surface area contributed by atoms with Crippen LogP contribution in [0, 0.1) is 20.7 Å². The lowest BCUT2D eigenvalue weighted by Crippen LogP contribution is -2.30. The Morgan fingerprint density at radius 1 is 0.815 bits per heavy atom. The van der Waals surface area contributed by atoms with E-state index in [4.69, 9.17) is 4.11 Å². The van der Waals surface area contributed by atoms with Crippen molar-refractivity contribution in [1.82, 2.24) is 0 Å². The smallest absolute Gasteiger partial charge is 0.200 e. The van der Waals surface area contributed by atoms with Gasteiger partial charge in [-0.15, -0.1) is 11.3 Å². The Morgan fingerprint density at radius 3 is 2.44 bits per heavy atom. The van der Waals surface area contributed by atoms with Crippen LogP contribution in [0.1, 0.15) is 20.8 Å². The average Bonchev–Trinajstić information content (AvgIpc) is 3.01. The molecular weight excluding hydrogens is 346 g/mol. The number of aromatic nitrogens is 1. The van der Waals surface area contributed by atoms with Crippen LogP contribution < -0.4 is 4.57 Å². The molecule has 0 spiro atoms. The van der Waals surface area contributed by atoms with Crippen molar-refractivity contribution in [1.29, 1.82) is 0 Å². The lowest BCUT2D eigenvalue weighted by Gasteiger charge is -2.06. The zero-order valence-corrected chi connectivity index (χ0v) is 16.4. The molecule has 0 saturated heterocycles. The summed E-state index contributed by atoms with van der Waals surface area (Å²) in [6.07, 6.45) is 2.20. The number of thiophene rings is 1. The maximum Gasteiger partial charge on any atom is 0.213 e. The minimum atomic E-state index is -2.08. The van der Waals surface area contributed by atoms with Gasteiger partial charge in [0, 0.05) is 30.5 Å². The van der Waals surface area contributed by atoms with Gasteiger partial charge >= 0.3 is 0 Å². The largest absolute Gasteiger partial charge is 0.213 e. The van der Waals surface area contributed by atoms with Crippen LogP contribution in [-0.4, -0.2) is 0 Å². The number of hydrogen-bond donors (Lipinski definition) is 0. The van der Waals surface area contributed by atoms with Crippen molar-refractivity contribution in [2.75, 3.05) is 0 Å². The molecule has 0 bridgehead atoms. The van der Waals surface area contributed by atoms with Crippen molar-refractivity contribution < 1.29 is 8.68 Å². The van der Waals surface area contributed by atoms with Crippen molar-refractivity contribution in [3.8, 4) is 11.3 Å². The molecule has 0 amide bonds. The van der Waals surface area contributed by atoms with Gasteiger partial charge in [0.15, 0.2) is 6.20 Å². The molecule has 0 aliphatic rings. The SMILES string of the molecule is [2H]C([2H])([2H])c1ccc(-c2cc3sc4cc5cc(C)ccc5cc4c3c[n+]2C)c(C)c1. The Balaban J connectivity index is 1.72. The summed E-state index contributed by atoms with van der Waals surface area (Å²) < 4.78 is 27.7. The predicted octanol–water partition coefficient (Wildman–Crippen LogP) is 6.62. The van der Waals surface area contributed by atoms with E-state index < -0.39 is 6.85 Å².